The van der Waals surface area contributed by atoms with Crippen LogP contribution in [0.5, 0.6) is 5.75 Å². The molecule has 0 amide bonds. The van der Waals surface area contributed by atoms with E-state index in [1.807, 2.05) is 0 Å². The fourth-order valence-corrected chi connectivity index (χ4v) is 2.48. The second-order valence-corrected chi connectivity index (χ2v) is 5.35. The van der Waals surface area contributed by atoms with Gasteiger partial charge in [0.25, 0.3) is 0 Å². The Morgan fingerprint density at radius 2 is 1.81 bits per heavy atom. The van der Waals surface area contributed by atoms with Crippen molar-refractivity contribution in [1.82, 2.24) is 0 Å². The maximum absolute atomic E-state index is 14.0. The van der Waals surface area contributed by atoms with Crippen LogP contribution in [0, 0.1) is 17.5 Å². The molecule has 0 saturated carbocycles. The van der Waals surface area contributed by atoms with E-state index in [2.05, 4.69) is 21.2 Å². The summed E-state index contributed by atoms with van der Waals surface area (Å²) in [6, 6.07) is 5.83. The number of benzene rings is 2. The molecule has 2 aromatic rings. The predicted molar refractivity (Wildman–Crippen MR) is 79.0 cm³/mol. The Labute approximate surface area is 129 Å². The van der Waals surface area contributed by atoms with Crippen LogP contribution >= 0.6 is 15.9 Å². The van der Waals surface area contributed by atoms with E-state index in [-0.39, 0.29) is 10.2 Å². The number of nitrogens with one attached hydrogen (secondary N) is 1. The van der Waals surface area contributed by atoms with Crippen LogP contribution in [0.1, 0.15) is 18.5 Å². The minimum atomic E-state index is -0.748. The second-order valence-electron chi connectivity index (χ2n) is 4.50. The molecule has 1 N–H and O–H groups in total. The van der Waals surface area contributed by atoms with Gasteiger partial charge in [-0.3, -0.25) is 0 Å². The third-order valence-corrected chi connectivity index (χ3v) is 3.67. The second kappa shape index (κ2) is 6.39. The van der Waals surface area contributed by atoms with Crippen LogP contribution in [0.2, 0.25) is 0 Å². The Kier molecular flexibility index (Phi) is 4.77. The quantitative estimate of drug-likeness (QED) is 0.824. The molecule has 6 heteroatoms. The van der Waals surface area contributed by atoms with Crippen molar-refractivity contribution < 1.29 is 17.9 Å². The number of anilines is 1. The van der Waals surface area contributed by atoms with Crippen LogP contribution < -0.4 is 10.1 Å². The molecule has 21 heavy (non-hydrogen) atoms. The number of halogens is 4. The maximum Gasteiger partial charge on any atom is 0.150 e. The molecular weight excluding hydrogens is 347 g/mol. The molecule has 1 unspecified atom stereocenters. The molecular formula is C15H13BrF3NO. The van der Waals surface area contributed by atoms with E-state index in [1.54, 1.807) is 19.1 Å². The summed E-state index contributed by atoms with van der Waals surface area (Å²) in [5.41, 5.74) is 0.436. The molecule has 0 bridgehead atoms. The van der Waals surface area contributed by atoms with Crippen molar-refractivity contribution in [3.63, 3.8) is 0 Å². The number of methoxy groups -OCH3 is 1. The van der Waals surface area contributed by atoms with Crippen LogP contribution in [0.3, 0.4) is 0 Å². The molecule has 0 aliphatic heterocycles. The lowest BCUT2D eigenvalue weighted by atomic mass is 10.1. The third kappa shape index (κ3) is 3.50. The summed E-state index contributed by atoms with van der Waals surface area (Å²) in [5.74, 6) is -1.50. The molecule has 2 aromatic carbocycles. The molecule has 2 nitrogen and oxygen atoms in total. The van der Waals surface area contributed by atoms with Crippen LogP contribution in [-0.4, -0.2) is 7.11 Å². The molecule has 0 aromatic heterocycles. The Bertz CT molecular complexity index is 640. The summed E-state index contributed by atoms with van der Waals surface area (Å²) in [6.45, 7) is 1.68. The summed E-state index contributed by atoms with van der Waals surface area (Å²) in [7, 11) is 1.45. The molecule has 0 spiro atoms. The van der Waals surface area contributed by atoms with Gasteiger partial charge < -0.3 is 10.1 Å². The van der Waals surface area contributed by atoms with Gasteiger partial charge in [-0.05, 0) is 35.0 Å². The van der Waals surface area contributed by atoms with Crippen LogP contribution in [0.4, 0.5) is 18.9 Å². The summed E-state index contributed by atoms with van der Waals surface area (Å²) in [5, 5.41) is 2.83. The van der Waals surface area contributed by atoms with Crippen molar-refractivity contribution in [3.8, 4) is 5.75 Å². The van der Waals surface area contributed by atoms with Gasteiger partial charge in [0.15, 0.2) is 0 Å². The predicted octanol–water partition coefficient (Wildman–Crippen LogP) is 5.05. The number of hydrogen-bond donors (Lipinski definition) is 1. The monoisotopic (exact) mass is 359 g/mol. The third-order valence-electron chi connectivity index (χ3n) is 3.04. The van der Waals surface area contributed by atoms with E-state index in [0.29, 0.717) is 11.3 Å². The first-order valence-corrected chi connectivity index (χ1v) is 6.96. The fraction of sp³-hybridized carbons (Fsp3) is 0.200. The van der Waals surface area contributed by atoms with Gasteiger partial charge in [0, 0.05) is 22.2 Å². The zero-order valence-corrected chi connectivity index (χ0v) is 13.0. The van der Waals surface area contributed by atoms with Gasteiger partial charge in [0.05, 0.1) is 18.8 Å². The lowest BCUT2D eigenvalue weighted by Gasteiger charge is -2.18. The largest absolute Gasteiger partial charge is 0.497 e. The highest BCUT2D eigenvalue weighted by Crippen LogP contribution is 2.31. The average molecular weight is 360 g/mol. The Hall–Kier alpha value is -1.69. The van der Waals surface area contributed by atoms with Crippen molar-refractivity contribution in [2.45, 2.75) is 13.0 Å². The summed E-state index contributed by atoms with van der Waals surface area (Å²) < 4.78 is 45.9. The molecule has 2 rings (SSSR count). The highest BCUT2D eigenvalue weighted by molar-refractivity contribution is 9.10. The Balaban J connectivity index is 2.28. The topological polar surface area (TPSA) is 21.3 Å². The summed E-state index contributed by atoms with van der Waals surface area (Å²) in [4.78, 5) is 0. The molecule has 112 valence electrons. The van der Waals surface area contributed by atoms with E-state index < -0.39 is 23.5 Å². The van der Waals surface area contributed by atoms with Crippen molar-refractivity contribution >= 4 is 21.6 Å². The van der Waals surface area contributed by atoms with Gasteiger partial charge in [-0.2, -0.15) is 0 Å². The van der Waals surface area contributed by atoms with Gasteiger partial charge in [-0.25, -0.2) is 13.2 Å². The van der Waals surface area contributed by atoms with Crippen LogP contribution in [0.25, 0.3) is 0 Å². The van der Waals surface area contributed by atoms with E-state index in [9.17, 15) is 13.2 Å². The van der Waals surface area contributed by atoms with Crippen molar-refractivity contribution in [1.29, 1.82) is 0 Å². The van der Waals surface area contributed by atoms with Gasteiger partial charge in [0.1, 0.15) is 23.2 Å². The zero-order valence-electron chi connectivity index (χ0n) is 11.4. The minimum absolute atomic E-state index is 0.0825. The van der Waals surface area contributed by atoms with E-state index in [1.165, 1.54) is 13.2 Å². The van der Waals surface area contributed by atoms with Crippen molar-refractivity contribution in [2.24, 2.45) is 0 Å². The molecule has 0 aliphatic rings. The average Bonchev–Trinajstić information content (AvgIpc) is 2.42. The van der Waals surface area contributed by atoms with E-state index >= 15 is 0 Å². The lowest BCUT2D eigenvalue weighted by Crippen LogP contribution is -2.10. The van der Waals surface area contributed by atoms with E-state index in [0.717, 1.165) is 12.1 Å². The standard InChI is InChI=1S/C15H13BrF3NO/c1-8(11-4-3-10(21-2)7-13(11)18)20-15-12(16)5-9(17)6-14(15)19/h3-8,20H,1-2H3. The highest BCUT2D eigenvalue weighted by atomic mass is 79.9. The minimum Gasteiger partial charge on any atom is -0.497 e. The van der Waals surface area contributed by atoms with Crippen LogP contribution in [0.15, 0.2) is 34.8 Å². The zero-order chi connectivity index (χ0) is 15.6. The number of rotatable bonds is 4. The first-order chi connectivity index (χ1) is 9.92. The lowest BCUT2D eigenvalue weighted by molar-refractivity contribution is 0.410. The highest BCUT2D eigenvalue weighted by Gasteiger charge is 2.16. The van der Waals surface area contributed by atoms with Gasteiger partial charge in [0.2, 0.25) is 0 Å². The van der Waals surface area contributed by atoms with Gasteiger partial charge >= 0.3 is 0 Å². The summed E-state index contributed by atoms with van der Waals surface area (Å²) >= 11 is 3.08. The first kappa shape index (κ1) is 15.7. The Morgan fingerprint density at radius 1 is 1.10 bits per heavy atom. The Morgan fingerprint density at radius 3 is 2.38 bits per heavy atom. The SMILES string of the molecule is COc1ccc(C(C)Nc2c(F)cc(F)cc2Br)c(F)c1. The maximum atomic E-state index is 14.0. The van der Waals surface area contributed by atoms with Gasteiger partial charge in [-0.1, -0.05) is 6.07 Å². The van der Waals surface area contributed by atoms with E-state index in [4.69, 9.17) is 4.74 Å². The summed E-state index contributed by atoms with van der Waals surface area (Å²) in [6.07, 6.45) is 0. The fourth-order valence-electron chi connectivity index (χ4n) is 1.96. The molecule has 0 fully saturated rings. The normalized spacial score (nSPS) is 12.1. The van der Waals surface area contributed by atoms with Crippen molar-refractivity contribution in [2.75, 3.05) is 12.4 Å². The van der Waals surface area contributed by atoms with Crippen LogP contribution in [-0.2, 0) is 0 Å². The van der Waals surface area contributed by atoms with Gasteiger partial charge in [-0.15, -0.1) is 0 Å². The molecule has 0 saturated heterocycles. The number of ether oxygens (including phenoxy) is 1. The molecule has 0 heterocycles. The number of hydrogen-bond acceptors (Lipinski definition) is 2. The molecule has 1 atom stereocenters. The van der Waals surface area contributed by atoms with Crippen molar-refractivity contribution in [3.05, 3.63) is 57.8 Å². The molecule has 0 radical (unpaired) electrons. The smallest absolute Gasteiger partial charge is 0.150 e. The first-order valence-electron chi connectivity index (χ1n) is 6.17. The molecule has 0 aliphatic carbocycles.